The molecule has 0 aliphatic rings. The van der Waals surface area contributed by atoms with Crippen molar-refractivity contribution in [3.63, 3.8) is 0 Å². The molecule has 0 radical (unpaired) electrons. The number of pyridine rings is 1. The molecule has 0 aliphatic heterocycles. The van der Waals surface area contributed by atoms with Gasteiger partial charge < -0.3 is 4.98 Å². The lowest BCUT2D eigenvalue weighted by molar-refractivity contribution is 0.400. The van der Waals surface area contributed by atoms with Crippen LogP contribution in [-0.4, -0.2) is 26.5 Å². The summed E-state index contributed by atoms with van der Waals surface area (Å²) in [5.41, 5.74) is 5.17. The second kappa shape index (κ2) is 8.99. The summed E-state index contributed by atoms with van der Waals surface area (Å²) in [6.45, 7) is 5.74. The van der Waals surface area contributed by atoms with E-state index in [2.05, 4.69) is 13.7 Å². The minimum atomic E-state index is -4.03. The number of hydrogen-bond donors (Lipinski definition) is 1. The fourth-order valence-electron chi connectivity index (χ4n) is 4.42. The van der Waals surface area contributed by atoms with Crippen LogP contribution in [0.25, 0.3) is 21.9 Å². The van der Waals surface area contributed by atoms with Crippen LogP contribution in [-0.2, 0) is 23.1 Å². The molecule has 0 fully saturated rings. The number of rotatable bonds is 6. The normalized spacial score (nSPS) is 12.1. The minimum Gasteiger partial charge on any atom is -0.322 e. The third-order valence-corrected chi connectivity index (χ3v) is 8.63. The smallest absolute Gasteiger partial charge is 0.252 e. The van der Waals surface area contributed by atoms with E-state index in [1.54, 1.807) is 25.1 Å². The number of aryl methyl sites for hydroxylation is 3. The first-order valence-corrected chi connectivity index (χ1v) is 13.3. The Bertz CT molecular complexity index is 1720. The molecule has 7 nitrogen and oxygen atoms in total. The Morgan fingerprint density at radius 2 is 1.69 bits per heavy atom. The Labute approximate surface area is 207 Å². The number of nitrogens with one attached hydrogen (secondary N) is 1. The number of aromatic amines is 1. The SMILES string of the molecule is Cc1cc(C)c2cc(CN(Cc3ccccc3)S(=O)(=O)c3c(C)ccc4nsnc34)c(=O)[nH]c2c1. The van der Waals surface area contributed by atoms with Crippen molar-refractivity contribution in [3.8, 4) is 0 Å². The van der Waals surface area contributed by atoms with Crippen molar-refractivity contribution in [2.75, 3.05) is 0 Å². The summed E-state index contributed by atoms with van der Waals surface area (Å²) in [7, 11) is -4.03. The van der Waals surface area contributed by atoms with Crippen LogP contribution in [0.15, 0.2) is 70.4 Å². The summed E-state index contributed by atoms with van der Waals surface area (Å²) in [6.07, 6.45) is 0. The summed E-state index contributed by atoms with van der Waals surface area (Å²) in [4.78, 5) is 16.1. The molecule has 5 rings (SSSR count). The van der Waals surface area contributed by atoms with Gasteiger partial charge in [-0.3, -0.25) is 4.79 Å². The summed E-state index contributed by atoms with van der Waals surface area (Å²) in [6, 6.07) is 18.6. The lowest BCUT2D eigenvalue weighted by Gasteiger charge is -2.23. The van der Waals surface area contributed by atoms with Crippen molar-refractivity contribution < 1.29 is 8.42 Å². The molecule has 5 aromatic rings. The van der Waals surface area contributed by atoms with Gasteiger partial charge >= 0.3 is 0 Å². The number of H-pyrrole nitrogens is 1. The zero-order valence-electron chi connectivity index (χ0n) is 19.6. The average Bonchev–Trinajstić information content (AvgIpc) is 3.28. The number of hydrogen-bond acceptors (Lipinski definition) is 6. The maximum Gasteiger partial charge on any atom is 0.252 e. The Hall–Kier alpha value is -3.40. The van der Waals surface area contributed by atoms with Crippen LogP contribution < -0.4 is 5.56 Å². The van der Waals surface area contributed by atoms with Gasteiger partial charge in [0.1, 0.15) is 15.9 Å². The van der Waals surface area contributed by atoms with Crippen molar-refractivity contribution in [2.45, 2.75) is 38.8 Å². The summed E-state index contributed by atoms with van der Waals surface area (Å²) >= 11 is 0.980. The van der Waals surface area contributed by atoms with Crippen molar-refractivity contribution in [2.24, 2.45) is 0 Å². The van der Waals surface area contributed by atoms with Crippen LogP contribution in [0.5, 0.6) is 0 Å². The van der Waals surface area contributed by atoms with E-state index in [1.807, 2.05) is 56.3 Å². The molecule has 178 valence electrons. The Morgan fingerprint density at radius 1 is 0.914 bits per heavy atom. The first-order valence-electron chi connectivity index (χ1n) is 11.1. The molecule has 0 unspecified atom stereocenters. The molecule has 9 heteroatoms. The fourth-order valence-corrected chi connectivity index (χ4v) is 6.78. The minimum absolute atomic E-state index is 0.0801. The topological polar surface area (TPSA) is 96.0 Å². The summed E-state index contributed by atoms with van der Waals surface area (Å²) in [5, 5.41) is 0.893. The predicted molar refractivity (Wildman–Crippen MR) is 139 cm³/mol. The van der Waals surface area contributed by atoms with Crippen LogP contribution in [0, 0.1) is 20.8 Å². The first-order chi connectivity index (χ1) is 16.7. The molecule has 0 bridgehead atoms. The van der Waals surface area contributed by atoms with Crippen molar-refractivity contribution >= 4 is 43.7 Å². The Morgan fingerprint density at radius 3 is 2.46 bits per heavy atom. The van der Waals surface area contributed by atoms with Crippen molar-refractivity contribution in [1.29, 1.82) is 0 Å². The number of fused-ring (bicyclic) bond motifs is 2. The molecular weight excluding hydrogens is 480 g/mol. The lowest BCUT2D eigenvalue weighted by Crippen LogP contribution is -2.33. The van der Waals surface area contributed by atoms with Gasteiger partial charge in [-0.1, -0.05) is 42.5 Å². The van der Waals surface area contributed by atoms with E-state index in [4.69, 9.17) is 0 Å². The maximum atomic E-state index is 14.1. The van der Waals surface area contributed by atoms with E-state index in [9.17, 15) is 13.2 Å². The Balaban J connectivity index is 1.66. The van der Waals surface area contributed by atoms with Gasteiger partial charge in [0.2, 0.25) is 10.0 Å². The molecule has 2 aromatic heterocycles. The number of benzene rings is 3. The van der Waals surface area contributed by atoms with Crippen LogP contribution in [0.1, 0.15) is 27.8 Å². The van der Waals surface area contributed by atoms with E-state index in [0.29, 0.717) is 22.2 Å². The number of nitrogens with zero attached hydrogens (tertiary/aromatic N) is 3. The highest BCUT2D eigenvalue weighted by Gasteiger charge is 2.30. The quantitative estimate of drug-likeness (QED) is 0.357. The zero-order valence-corrected chi connectivity index (χ0v) is 21.2. The molecule has 2 heterocycles. The number of aromatic nitrogens is 3. The highest BCUT2D eigenvalue weighted by molar-refractivity contribution is 7.89. The molecule has 0 saturated heterocycles. The molecule has 3 aromatic carbocycles. The van der Waals surface area contributed by atoms with Gasteiger partial charge in [0, 0.05) is 29.6 Å². The third kappa shape index (κ3) is 4.38. The van der Waals surface area contributed by atoms with Crippen LogP contribution in [0.4, 0.5) is 0 Å². The van der Waals surface area contributed by atoms with E-state index in [-0.39, 0.29) is 23.5 Å². The second-order valence-corrected chi connectivity index (χ2v) is 11.2. The van der Waals surface area contributed by atoms with E-state index < -0.39 is 10.0 Å². The van der Waals surface area contributed by atoms with Crippen molar-refractivity contribution in [1.82, 2.24) is 18.0 Å². The summed E-state index contributed by atoms with van der Waals surface area (Å²) < 4.78 is 38.1. The molecule has 1 N–H and O–H groups in total. The first kappa shape index (κ1) is 23.3. The van der Waals surface area contributed by atoms with Crippen LogP contribution in [0.2, 0.25) is 0 Å². The van der Waals surface area contributed by atoms with Gasteiger partial charge in [-0.2, -0.15) is 13.1 Å². The molecule has 35 heavy (non-hydrogen) atoms. The lowest BCUT2D eigenvalue weighted by atomic mass is 10.0. The molecule has 0 amide bonds. The third-order valence-electron chi connectivity index (χ3n) is 6.11. The molecule has 0 aliphatic carbocycles. The van der Waals surface area contributed by atoms with Gasteiger partial charge in [0.05, 0.1) is 11.7 Å². The van der Waals surface area contributed by atoms with Crippen LogP contribution in [0.3, 0.4) is 0 Å². The second-order valence-electron chi connectivity index (χ2n) is 8.77. The van der Waals surface area contributed by atoms with Crippen molar-refractivity contribution in [3.05, 3.63) is 98.8 Å². The number of sulfonamides is 1. The maximum absolute atomic E-state index is 14.1. The van der Waals surface area contributed by atoms with E-state index in [1.165, 1.54) is 4.31 Å². The van der Waals surface area contributed by atoms with E-state index in [0.717, 1.165) is 39.3 Å². The van der Waals surface area contributed by atoms with E-state index >= 15 is 0 Å². The Kier molecular flexibility index (Phi) is 6.00. The van der Waals surface area contributed by atoms with Gasteiger partial charge in [-0.25, -0.2) is 8.42 Å². The monoisotopic (exact) mass is 504 g/mol. The highest BCUT2D eigenvalue weighted by Crippen LogP contribution is 2.30. The molecular formula is C26H24N4O3S2. The predicted octanol–water partition coefficient (Wildman–Crippen LogP) is 4.85. The van der Waals surface area contributed by atoms with Gasteiger partial charge in [-0.05, 0) is 61.2 Å². The van der Waals surface area contributed by atoms with Gasteiger partial charge in [0.15, 0.2) is 0 Å². The molecule has 0 saturated carbocycles. The van der Waals surface area contributed by atoms with Gasteiger partial charge in [0.25, 0.3) is 5.56 Å². The largest absolute Gasteiger partial charge is 0.322 e. The van der Waals surface area contributed by atoms with Gasteiger partial charge in [-0.15, -0.1) is 0 Å². The highest BCUT2D eigenvalue weighted by atomic mass is 32.2. The average molecular weight is 505 g/mol. The van der Waals surface area contributed by atoms with Crippen LogP contribution >= 0.6 is 11.7 Å². The summed E-state index contributed by atoms with van der Waals surface area (Å²) in [5.74, 6) is 0. The molecule has 0 atom stereocenters. The fraction of sp³-hybridized carbons (Fsp3) is 0.192. The standard InChI is InChI=1S/C26H24N4O3S2/c1-16-11-18(3)21-13-20(26(31)27-23(21)12-16)15-30(14-19-7-5-4-6-8-19)35(32,33)25-17(2)9-10-22-24(25)29-34-28-22/h4-13H,14-15H2,1-3H3,(H,27,31). The molecule has 0 spiro atoms. The zero-order chi connectivity index (χ0) is 24.7.